The van der Waals surface area contributed by atoms with Gasteiger partial charge >= 0.3 is 29.9 Å². The number of nitro benzene ring substituents is 1. The van der Waals surface area contributed by atoms with Crippen LogP contribution in [-0.4, -0.2) is 41.4 Å². The molecule has 0 atom stereocenters. The van der Waals surface area contributed by atoms with Gasteiger partial charge in [-0.05, 0) is 12.1 Å². The second-order valence-corrected chi connectivity index (χ2v) is 4.97. The Labute approximate surface area is 141 Å². The third kappa shape index (κ3) is 3.85. The fourth-order valence-corrected chi connectivity index (χ4v) is 1.53. The van der Waals surface area contributed by atoms with Crippen LogP contribution in [0, 0.1) is 10.1 Å². The summed E-state index contributed by atoms with van der Waals surface area (Å²) in [6.45, 7) is -2.72. The van der Waals surface area contributed by atoms with Crippen molar-refractivity contribution in [1.29, 1.82) is 0 Å². The van der Waals surface area contributed by atoms with Crippen LogP contribution in [0.1, 0.15) is 0 Å². The molecule has 0 heterocycles. The minimum Gasteiger partial charge on any atom is -0.487 e. The lowest BCUT2D eigenvalue weighted by molar-refractivity contribution is -0.423. The highest BCUT2D eigenvalue weighted by atomic mass is 19.4. The van der Waals surface area contributed by atoms with Gasteiger partial charge in [-0.15, -0.1) is 0 Å². The maximum atomic E-state index is 13.3. The monoisotopic (exact) mass is 421 g/mol. The summed E-state index contributed by atoms with van der Waals surface area (Å²) in [5.74, 6) is -29.1. The molecule has 27 heavy (non-hydrogen) atoms. The Hall–Kier alpha value is -2.35. The first-order valence-corrected chi connectivity index (χ1v) is 6.34. The highest BCUT2D eigenvalue weighted by molar-refractivity contribution is 5.36. The number of non-ortho nitro benzene ring substituents is 1. The van der Waals surface area contributed by atoms with Crippen molar-refractivity contribution in [3.05, 3.63) is 34.4 Å². The number of nitrogens with zero attached hydrogens (tertiary/aromatic N) is 1. The highest BCUT2D eigenvalue weighted by Crippen LogP contribution is 2.57. The summed E-state index contributed by atoms with van der Waals surface area (Å²) in [7, 11) is 0. The lowest BCUT2D eigenvalue weighted by atomic mass is 9.98. The molecule has 0 aliphatic carbocycles. The van der Waals surface area contributed by atoms with E-state index in [2.05, 4.69) is 4.74 Å². The van der Waals surface area contributed by atoms with Gasteiger partial charge in [-0.2, -0.15) is 48.3 Å². The second-order valence-electron chi connectivity index (χ2n) is 4.97. The number of alkyl halides is 11. The summed E-state index contributed by atoms with van der Waals surface area (Å²) in [5.41, 5.74) is -0.601. The molecule has 0 aliphatic heterocycles. The van der Waals surface area contributed by atoms with E-state index in [1.165, 1.54) is 0 Å². The van der Waals surface area contributed by atoms with Gasteiger partial charge in [0.05, 0.1) is 4.92 Å². The summed E-state index contributed by atoms with van der Waals surface area (Å²) in [5, 5.41) is 10.3. The van der Waals surface area contributed by atoms with Crippen molar-refractivity contribution < 1.29 is 58.0 Å². The lowest BCUT2D eigenvalue weighted by Gasteiger charge is -2.37. The summed E-state index contributed by atoms with van der Waals surface area (Å²) < 4.78 is 144. The fraction of sp³-hybridized carbons (Fsp3) is 0.500. The normalized spacial score (nSPS) is 14.2. The van der Waals surface area contributed by atoms with Crippen LogP contribution in [0.3, 0.4) is 0 Å². The van der Waals surface area contributed by atoms with Crippen LogP contribution in [0.5, 0.6) is 5.75 Å². The molecule has 0 saturated carbocycles. The molecule has 1 aromatic rings. The van der Waals surface area contributed by atoms with Gasteiger partial charge in [-0.25, -0.2) is 0 Å². The van der Waals surface area contributed by atoms with Crippen LogP contribution in [0.15, 0.2) is 24.3 Å². The van der Waals surface area contributed by atoms with Gasteiger partial charge in [0.25, 0.3) is 5.69 Å². The minimum atomic E-state index is -7.51. The Bertz CT molecular complexity index is 685. The number of rotatable bonds is 7. The van der Waals surface area contributed by atoms with Crippen molar-refractivity contribution in [3.63, 3.8) is 0 Å². The van der Waals surface area contributed by atoms with E-state index >= 15 is 0 Å². The maximum absolute atomic E-state index is 13.3. The Morgan fingerprint density at radius 3 is 1.59 bits per heavy atom. The SMILES string of the molecule is O=[N+]([O-])c1ccc(OCC(F)(F)C(F)(F)C(F)(F)C(F)(F)C(F)(F)F)cc1. The van der Waals surface area contributed by atoms with Crippen molar-refractivity contribution >= 4 is 5.69 Å². The quantitative estimate of drug-likeness (QED) is 0.351. The summed E-state index contributed by atoms with van der Waals surface area (Å²) in [6.07, 6.45) is -7.24. The molecule has 4 nitrogen and oxygen atoms in total. The van der Waals surface area contributed by atoms with E-state index in [9.17, 15) is 58.4 Å². The first-order valence-electron chi connectivity index (χ1n) is 6.34. The van der Waals surface area contributed by atoms with Crippen molar-refractivity contribution in [2.45, 2.75) is 29.9 Å². The third-order valence-electron chi connectivity index (χ3n) is 3.07. The second kappa shape index (κ2) is 6.67. The van der Waals surface area contributed by atoms with Gasteiger partial charge in [-0.3, -0.25) is 10.1 Å². The van der Waals surface area contributed by atoms with Gasteiger partial charge in [0, 0.05) is 12.1 Å². The van der Waals surface area contributed by atoms with Gasteiger partial charge in [0.1, 0.15) is 5.75 Å². The van der Waals surface area contributed by atoms with Gasteiger partial charge in [-0.1, -0.05) is 0 Å². The molecule has 0 spiro atoms. The Balaban J connectivity index is 3.08. The largest absolute Gasteiger partial charge is 0.487 e. The molecular weight excluding hydrogens is 415 g/mol. The number of hydrogen-bond acceptors (Lipinski definition) is 3. The standard InChI is InChI=1S/C12H6F11NO3/c13-8(14,5-27-7-3-1-6(2-4-7)24(25)26)9(15,16)10(17,18)11(19,20)12(21,22)23/h1-4H,5H2. The molecule has 1 aromatic carbocycles. The summed E-state index contributed by atoms with van der Waals surface area (Å²) in [6, 6.07) is 2.43. The minimum absolute atomic E-state index is 0.578. The number of hydrogen-bond donors (Lipinski definition) is 0. The van der Waals surface area contributed by atoms with E-state index in [0.29, 0.717) is 24.3 Å². The van der Waals surface area contributed by atoms with Crippen molar-refractivity contribution in [3.8, 4) is 5.75 Å². The van der Waals surface area contributed by atoms with Crippen LogP contribution < -0.4 is 4.74 Å². The fourth-order valence-electron chi connectivity index (χ4n) is 1.53. The molecule has 0 fully saturated rings. The van der Waals surface area contributed by atoms with E-state index < -0.39 is 52.8 Å². The zero-order valence-corrected chi connectivity index (χ0v) is 12.3. The average molecular weight is 421 g/mol. The van der Waals surface area contributed by atoms with Gasteiger partial charge in [0.15, 0.2) is 6.61 Å². The molecule has 0 aromatic heterocycles. The molecule has 1 rings (SSSR count). The van der Waals surface area contributed by atoms with E-state index in [1.807, 2.05) is 0 Å². The first kappa shape index (κ1) is 22.7. The first-order chi connectivity index (χ1) is 11.9. The Morgan fingerprint density at radius 1 is 0.778 bits per heavy atom. The van der Waals surface area contributed by atoms with Crippen LogP contribution in [0.25, 0.3) is 0 Å². The molecule has 0 aliphatic rings. The molecule has 0 amide bonds. The topological polar surface area (TPSA) is 52.4 Å². The molecule has 0 bridgehead atoms. The van der Waals surface area contributed by atoms with E-state index in [-0.39, 0.29) is 0 Å². The highest BCUT2D eigenvalue weighted by Gasteiger charge is 2.87. The predicted molar refractivity (Wildman–Crippen MR) is 64.4 cm³/mol. The average Bonchev–Trinajstić information content (AvgIpc) is 2.51. The van der Waals surface area contributed by atoms with E-state index in [1.54, 1.807) is 0 Å². The number of halogens is 11. The predicted octanol–water partition coefficient (Wildman–Crippen LogP) is 5.08. The molecule has 15 heteroatoms. The van der Waals surface area contributed by atoms with Crippen LogP contribution >= 0.6 is 0 Å². The van der Waals surface area contributed by atoms with Crippen LogP contribution in [0.4, 0.5) is 54.0 Å². The van der Waals surface area contributed by atoms with E-state index in [0.717, 1.165) is 0 Å². The van der Waals surface area contributed by atoms with Gasteiger partial charge < -0.3 is 4.74 Å². The molecular formula is C12H6F11NO3. The molecule has 0 N–H and O–H groups in total. The van der Waals surface area contributed by atoms with Crippen molar-refractivity contribution in [2.24, 2.45) is 0 Å². The zero-order valence-electron chi connectivity index (χ0n) is 12.3. The Kier molecular flexibility index (Phi) is 5.61. The smallest absolute Gasteiger partial charge is 0.460 e. The van der Waals surface area contributed by atoms with Crippen molar-refractivity contribution in [1.82, 2.24) is 0 Å². The van der Waals surface area contributed by atoms with Crippen LogP contribution in [-0.2, 0) is 0 Å². The van der Waals surface area contributed by atoms with E-state index in [4.69, 9.17) is 0 Å². The number of benzene rings is 1. The third-order valence-corrected chi connectivity index (χ3v) is 3.07. The molecule has 154 valence electrons. The van der Waals surface area contributed by atoms with Gasteiger partial charge in [0.2, 0.25) is 0 Å². The number of nitro groups is 1. The van der Waals surface area contributed by atoms with Crippen molar-refractivity contribution in [2.75, 3.05) is 6.61 Å². The summed E-state index contributed by atoms with van der Waals surface area (Å²) >= 11 is 0. The van der Waals surface area contributed by atoms with Crippen LogP contribution in [0.2, 0.25) is 0 Å². The summed E-state index contributed by atoms with van der Waals surface area (Å²) in [4.78, 5) is 9.39. The zero-order chi connectivity index (χ0) is 21.5. The molecule has 0 radical (unpaired) electrons. The maximum Gasteiger partial charge on any atom is 0.460 e. The lowest BCUT2D eigenvalue weighted by Crippen LogP contribution is -2.67. The number of ether oxygens (including phenoxy) is 1. The molecule has 0 unspecified atom stereocenters. The Morgan fingerprint density at radius 2 is 1.22 bits per heavy atom. The molecule has 0 saturated heterocycles.